The number of esters is 1. The minimum Gasteiger partial charge on any atom is -0.456 e. The van der Waals surface area contributed by atoms with Crippen molar-refractivity contribution in [1.29, 1.82) is 0 Å². The summed E-state index contributed by atoms with van der Waals surface area (Å²) in [6, 6.07) is 4.60. The molecule has 39 heavy (non-hydrogen) atoms. The Morgan fingerprint density at radius 1 is 1.41 bits per heavy atom. The van der Waals surface area contributed by atoms with Crippen molar-refractivity contribution < 1.29 is 28.9 Å². The van der Waals surface area contributed by atoms with E-state index in [0.29, 0.717) is 16.2 Å². The predicted molar refractivity (Wildman–Crippen MR) is 145 cm³/mol. The van der Waals surface area contributed by atoms with Crippen LogP contribution in [0.3, 0.4) is 0 Å². The van der Waals surface area contributed by atoms with E-state index in [-0.39, 0.29) is 41.3 Å². The van der Waals surface area contributed by atoms with E-state index in [2.05, 4.69) is 26.4 Å². The Bertz CT molecular complexity index is 1380. The number of nitro groups is 1. The maximum absolute atomic E-state index is 13.2. The quantitative estimate of drug-likeness (QED) is 0.127. The molecule has 14 nitrogen and oxygen atoms in total. The van der Waals surface area contributed by atoms with E-state index < -0.39 is 34.1 Å². The zero-order valence-electron chi connectivity index (χ0n) is 20.3. The molecule has 204 valence electrons. The SMILES string of the molecule is C=CSC1=C(C(=O)OCc2ccc([N+](=O)[O-])cc2)N2C(=O)C(NC(=O)C(=NOCC)c3nsc(N)n3)[C@@H]2SC1. The minimum absolute atomic E-state index is 0.0385. The van der Waals surface area contributed by atoms with Crippen molar-refractivity contribution in [1.82, 2.24) is 19.6 Å². The molecule has 1 saturated heterocycles. The van der Waals surface area contributed by atoms with Gasteiger partial charge in [-0.2, -0.15) is 9.36 Å². The standard InChI is InChI=1S/C22H21N7O7S3/c1-3-36-26-14(17-25-22(23)39-27-17)18(30)24-15-19(31)28-16(13(37-4-2)10-38-20(15)28)21(32)35-9-11-5-7-12(8-6-11)29(33)34/h4-8,15,20H,2-3,9-10H2,1H3,(H,24,30)(H2,23,25,27)/t15?,20-/m0/s1. The van der Waals surface area contributed by atoms with Gasteiger partial charge in [0.05, 0.1) is 4.92 Å². The van der Waals surface area contributed by atoms with Crippen molar-refractivity contribution in [2.75, 3.05) is 18.1 Å². The zero-order valence-corrected chi connectivity index (χ0v) is 22.7. The van der Waals surface area contributed by atoms with Crippen LogP contribution in [0.1, 0.15) is 18.3 Å². The highest BCUT2D eigenvalue weighted by Gasteiger charge is 2.55. The number of aromatic nitrogens is 2. The average Bonchev–Trinajstić information content (AvgIpc) is 3.36. The van der Waals surface area contributed by atoms with Crippen LogP contribution in [0.5, 0.6) is 0 Å². The number of thioether (sulfide) groups is 2. The van der Waals surface area contributed by atoms with E-state index in [1.807, 2.05) is 0 Å². The number of nitro benzene ring substituents is 1. The largest absolute Gasteiger partial charge is 0.456 e. The maximum Gasteiger partial charge on any atom is 0.356 e. The Hall–Kier alpha value is -3.96. The van der Waals surface area contributed by atoms with Crippen molar-refractivity contribution in [3.05, 3.63) is 68.4 Å². The molecule has 0 bridgehead atoms. The number of anilines is 1. The first-order valence-electron chi connectivity index (χ1n) is 11.2. The molecule has 2 atom stereocenters. The number of benzene rings is 1. The van der Waals surface area contributed by atoms with Crippen LogP contribution in [-0.4, -0.2) is 66.5 Å². The van der Waals surface area contributed by atoms with Crippen molar-refractivity contribution in [2.24, 2.45) is 5.16 Å². The van der Waals surface area contributed by atoms with Crippen LogP contribution >= 0.6 is 35.1 Å². The number of ether oxygens (including phenoxy) is 1. The summed E-state index contributed by atoms with van der Waals surface area (Å²) in [4.78, 5) is 60.5. The molecule has 2 amide bonds. The molecule has 17 heteroatoms. The zero-order chi connectivity index (χ0) is 28.1. The van der Waals surface area contributed by atoms with Gasteiger partial charge in [0.15, 0.2) is 5.13 Å². The van der Waals surface area contributed by atoms with E-state index in [1.54, 1.807) is 6.92 Å². The molecule has 1 aromatic carbocycles. The molecule has 3 N–H and O–H groups in total. The van der Waals surface area contributed by atoms with Crippen LogP contribution in [0.25, 0.3) is 0 Å². The third-order valence-electron chi connectivity index (χ3n) is 5.31. The van der Waals surface area contributed by atoms with Gasteiger partial charge in [0, 0.05) is 34.3 Å². The van der Waals surface area contributed by atoms with Gasteiger partial charge in [0.2, 0.25) is 11.5 Å². The second kappa shape index (κ2) is 12.3. The van der Waals surface area contributed by atoms with Gasteiger partial charge >= 0.3 is 5.97 Å². The molecule has 0 aliphatic carbocycles. The number of nitrogens with zero attached hydrogens (tertiary/aromatic N) is 5. The van der Waals surface area contributed by atoms with Crippen LogP contribution in [0.15, 0.2) is 52.0 Å². The molecule has 1 unspecified atom stereocenters. The van der Waals surface area contributed by atoms with Gasteiger partial charge in [-0.1, -0.05) is 23.5 Å². The summed E-state index contributed by atoms with van der Waals surface area (Å²) in [5.74, 6) is -1.68. The summed E-state index contributed by atoms with van der Waals surface area (Å²) in [6.45, 7) is 5.39. The molecule has 0 spiro atoms. The number of nitrogens with two attached hydrogens (primary N) is 1. The van der Waals surface area contributed by atoms with E-state index in [1.165, 1.54) is 58.1 Å². The number of non-ortho nitro benzene ring substituents is 1. The van der Waals surface area contributed by atoms with Crippen LogP contribution in [0.2, 0.25) is 0 Å². The fraction of sp³-hybridized carbons (Fsp3) is 0.273. The third-order valence-corrected chi connectivity index (χ3v) is 8.10. The number of hydrogen-bond donors (Lipinski definition) is 2. The lowest BCUT2D eigenvalue weighted by Crippen LogP contribution is -2.71. The Morgan fingerprint density at radius 3 is 2.77 bits per heavy atom. The summed E-state index contributed by atoms with van der Waals surface area (Å²) in [6.07, 6.45) is 0. The lowest BCUT2D eigenvalue weighted by atomic mass is 10.0. The number of β-lactam (4-membered cyclic amide) rings is 1. The molecule has 2 aliphatic heterocycles. The molecule has 2 aromatic rings. The Balaban J connectivity index is 1.48. The topological polar surface area (TPSA) is 192 Å². The second-order valence-electron chi connectivity index (χ2n) is 7.73. The molecule has 0 saturated carbocycles. The number of nitrogens with one attached hydrogen (secondary N) is 1. The minimum atomic E-state index is -0.960. The van der Waals surface area contributed by atoms with E-state index in [0.717, 1.165) is 11.5 Å². The van der Waals surface area contributed by atoms with E-state index >= 15 is 0 Å². The maximum atomic E-state index is 13.2. The highest BCUT2D eigenvalue weighted by molar-refractivity contribution is 8.08. The number of nitrogen functional groups attached to an aromatic ring is 1. The normalized spacial score (nSPS) is 18.6. The number of hydrogen-bond acceptors (Lipinski definition) is 14. The molecule has 4 rings (SSSR count). The van der Waals surface area contributed by atoms with Gasteiger partial charge in [-0.05, 0) is 30.0 Å². The fourth-order valence-corrected chi connectivity index (χ4v) is 6.16. The van der Waals surface area contributed by atoms with Crippen LogP contribution in [-0.2, 0) is 30.6 Å². The molecular formula is C22H21N7O7S3. The van der Waals surface area contributed by atoms with Gasteiger partial charge in [-0.3, -0.25) is 24.6 Å². The van der Waals surface area contributed by atoms with Gasteiger partial charge in [0.1, 0.15) is 30.3 Å². The highest BCUT2D eigenvalue weighted by Crippen LogP contribution is 2.44. The van der Waals surface area contributed by atoms with Gasteiger partial charge < -0.3 is 20.6 Å². The molecule has 1 fully saturated rings. The Labute approximate surface area is 234 Å². The summed E-state index contributed by atoms with van der Waals surface area (Å²) >= 11 is 3.42. The third kappa shape index (κ3) is 6.04. The molecule has 3 heterocycles. The summed E-state index contributed by atoms with van der Waals surface area (Å²) in [7, 11) is 0. The first-order chi connectivity index (χ1) is 18.7. The van der Waals surface area contributed by atoms with Crippen LogP contribution in [0, 0.1) is 10.1 Å². The predicted octanol–water partition coefficient (Wildman–Crippen LogP) is 2.00. The number of rotatable bonds is 11. The molecular weight excluding hydrogens is 570 g/mol. The fourth-order valence-electron chi connectivity index (χ4n) is 3.56. The van der Waals surface area contributed by atoms with Crippen molar-refractivity contribution in [3.8, 4) is 0 Å². The molecule has 1 aromatic heterocycles. The first kappa shape index (κ1) is 28.1. The van der Waals surface area contributed by atoms with Gasteiger partial charge in [-0.25, -0.2) is 4.79 Å². The van der Waals surface area contributed by atoms with E-state index in [9.17, 15) is 24.5 Å². The van der Waals surface area contributed by atoms with Crippen molar-refractivity contribution in [3.63, 3.8) is 0 Å². The average molecular weight is 592 g/mol. The van der Waals surface area contributed by atoms with Gasteiger partial charge in [0.25, 0.3) is 17.5 Å². The number of carbonyl (C=O) groups excluding carboxylic acids is 3. The van der Waals surface area contributed by atoms with Crippen molar-refractivity contribution >= 4 is 69.4 Å². The lowest BCUT2D eigenvalue weighted by Gasteiger charge is -2.49. The molecule has 2 aliphatic rings. The summed E-state index contributed by atoms with van der Waals surface area (Å²) in [5.41, 5.74) is 5.88. The van der Waals surface area contributed by atoms with Crippen LogP contribution < -0.4 is 11.1 Å². The number of fused-ring (bicyclic) bond motifs is 1. The second-order valence-corrected chi connectivity index (χ2v) is 10.7. The number of carbonyl (C=O) groups is 3. The van der Waals surface area contributed by atoms with Gasteiger partial charge in [-0.15, -0.1) is 11.8 Å². The van der Waals surface area contributed by atoms with Crippen LogP contribution in [0.4, 0.5) is 10.8 Å². The van der Waals surface area contributed by atoms with E-state index in [4.69, 9.17) is 15.3 Å². The highest BCUT2D eigenvalue weighted by atomic mass is 32.2. The first-order valence-corrected chi connectivity index (χ1v) is 13.9. The monoisotopic (exact) mass is 591 g/mol. The molecule has 0 radical (unpaired) electrons. The smallest absolute Gasteiger partial charge is 0.356 e. The summed E-state index contributed by atoms with van der Waals surface area (Å²) in [5, 5.41) is 18.3. The summed E-state index contributed by atoms with van der Waals surface area (Å²) < 4.78 is 9.42. The Kier molecular flexibility index (Phi) is 8.82. The lowest BCUT2D eigenvalue weighted by molar-refractivity contribution is -0.384. The number of amides is 2. The number of oxime groups is 1. The van der Waals surface area contributed by atoms with Crippen molar-refractivity contribution in [2.45, 2.75) is 24.9 Å². The Morgan fingerprint density at radius 2 is 2.15 bits per heavy atom.